The summed E-state index contributed by atoms with van der Waals surface area (Å²) in [6, 6.07) is 0. The molecule has 0 aromatic heterocycles. The second kappa shape index (κ2) is 2.84. The molecule has 2 N–H and O–H groups in total. The molecule has 1 heterocycles. The van der Waals surface area contributed by atoms with Crippen LogP contribution in [0.2, 0.25) is 0 Å². The monoisotopic (exact) mass is 135 g/mol. The molecule has 1 saturated heterocycles. The second-order valence-electron chi connectivity index (χ2n) is 1.49. The first-order valence-electron chi connectivity index (χ1n) is 2.33. The standard InChI is InChI=1S/C4H9NS2/c5-3-7-4-1-6-2-4/h4H,1-3,5H2. The zero-order chi connectivity index (χ0) is 5.11. The van der Waals surface area contributed by atoms with Crippen LogP contribution in [0.4, 0.5) is 0 Å². The third-order valence-corrected chi connectivity index (χ3v) is 3.63. The Labute approximate surface area is 52.4 Å². The topological polar surface area (TPSA) is 26.0 Å². The number of rotatable bonds is 2. The lowest BCUT2D eigenvalue weighted by Crippen LogP contribution is -2.22. The first-order chi connectivity index (χ1) is 3.43. The molecule has 0 unspecified atom stereocenters. The fourth-order valence-electron chi connectivity index (χ4n) is 0.446. The van der Waals surface area contributed by atoms with Crippen molar-refractivity contribution >= 4 is 23.5 Å². The highest BCUT2D eigenvalue weighted by Crippen LogP contribution is 2.27. The van der Waals surface area contributed by atoms with Crippen molar-refractivity contribution in [3.8, 4) is 0 Å². The fraction of sp³-hybridized carbons (Fsp3) is 1.00. The van der Waals surface area contributed by atoms with Crippen LogP contribution in [0.1, 0.15) is 0 Å². The molecule has 0 spiro atoms. The van der Waals surface area contributed by atoms with E-state index in [1.54, 1.807) is 0 Å². The zero-order valence-corrected chi connectivity index (χ0v) is 5.73. The molecule has 3 heteroatoms. The third kappa shape index (κ3) is 1.55. The number of nitrogens with two attached hydrogens (primary N) is 1. The van der Waals surface area contributed by atoms with E-state index in [0.29, 0.717) is 0 Å². The van der Waals surface area contributed by atoms with Crippen LogP contribution in [0, 0.1) is 0 Å². The summed E-state index contributed by atoms with van der Waals surface area (Å²) in [5, 5.41) is 0.884. The van der Waals surface area contributed by atoms with E-state index in [-0.39, 0.29) is 0 Å². The molecule has 1 fully saturated rings. The Bertz CT molecular complexity index is 53.7. The van der Waals surface area contributed by atoms with Crippen molar-refractivity contribution in [3.05, 3.63) is 0 Å². The van der Waals surface area contributed by atoms with Crippen molar-refractivity contribution in [1.29, 1.82) is 0 Å². The van der Waals surface area contributed by atoms with E-state index < -0.39 is 0 Å². The normalized spacial score (nSPS) is 21.9. The highest BCUT2D eigenvalue weighted by Gasteiger charge is 2.16. The number of thioether (sulfide) groups is 2. The maximum atomic E-state index is 5.29. The van der Waals surface area contributed by atoms with Crippen LogP contribution in [0.25, 0.3) is 0 Å². The van der Waals surface area contributed by atoms with Gasteiger partial charge in [0.1, 0.15) is 0 Å². The van der Waals surface area contributed by atoms with Gasteiger partial charge in [-0.2, -0.15) is 11.8 Å². The van der Waals surface area contributed by atoms with E-state index in [4.69, 9.17) is 5.73 Å². The number of hydrogen-bond acceptors (Lipinski definition) is 3. The smallest absolute Gasteiger partial charge is 0.0396 e. The summed E-state index contributed by atoms with van der Waals surface area (Å²) in [4.78, 5) is 0. The Morgan fingerprint density at radius 2 is 2.43 bits per heavy atom. The summed E-state index contributed by atoms with van der Waals surface area (Å²) in [6.07, 6.45) is 0. The van der Waals surface area contributed by atoms with E-state index in [0.717, 1.165) is 11.1 Å². The van der Waals surface area contributed by atoms with Crippen LogP contribution in [-0.2, 0) is 0 Å². The van der Waals surface area contributed by atoms with Crippen molar-refractivity contribution in [2.24, 2.45) is 5.73 Å². The Kier molecular flexibility index (Phi) is 2.35. The fourth-order valence-corrected chi connectivity index (χ4v) is 2.49. The van der Waals surface area contributed by atoms with E-state index in [2.05, 4.69) is 0 Å². The Morgan fingerprint density at radius 1 is 1.71 bits per heavy atom. The van der Waals surface area contributed by atoms with E-state index in [1.807, 2.05) is 23.5 Å². The van der Waals surface area contributed by atoms with E-state index in [1.165, 1.54) is 11.5 Å². The van der Waals surface area contributed by atoms with Gasteiger partial charge >= 0.3 is 0 Å². The molecule has 0 aliphatic carbocycles. The third-order valence-electron chi connectivity index (χ3n) is 0.939. The average molecular weight is 135 g/mol. The highest BCUT2D eigenvalue weighted by atomic mass is 32.2. The molecule has 7 heavy (non-hydrogen) atoms. The van der Waals surface area contributed by atoms with Gasteiger partial charge in [-0.05, 0) is 0 Å². The zero-order valence-electron chi connectivity index (χ0n) is 4.09. The SMILES string of the molecule is NCSC1CSC1. The molecule has 0 bridgehead atoms. The first-order valence-corrected chi connectivity index (χ1v) is 4.53. The maximum Gasteiger partial charge on any atom is 0.0396 e. The van der Waals surface area contributed by atoms with Crippen molar-refractivity contribution in [2.75, 3.05) is 17.4 Å². The van der Waals surface area contributed by atoms with Gasteiger partial charge in [-0.15, -0.1) is 11.8 Å². The van der Waals surface area contributed by atoms with Crippen LogP contribution in [0.5, 0.6) is 0 Å². The van der Waals surface area contributed by atoms with Crippen molar-refractivity contribution in [2.45, 2.75) is 5.25 Å². The molecule has 0 aromatic carbocycles. The van der Waals surface area contributed by atoms with Crippen molar-refractivity contribution < 1.29 is 0 Å². The van der Waals surface area contributed by atoms with Crippen molar-refractivity contribution in [3.63, 3.8) is 0 Å². The number of hydrogen-bond donors (Lipinski definition) is 1. The van der Waals surface area contributed by atoms with Gasteiger partial charge in [0.2, 0.25) is 0 Å². The minimum atomic E-state index is 0.797. The largest absolute Gasteiger partial charge is 0.322 e. The Hall–Kier alpha value is 0.660. The molecule has 0 saturated carbocycles. The molecule has 1 aliphatic rings. The molecule has 0 aromatic rings. The van der Waals surface area contributed by atoms with Gasteiger partial charge in [-0.1, -0.05) is 0 Å². The molecular weight excluding hydrogens is 126 g/mol. The highest BCUT2D eigenvalue weighted by molar-refractivity contribution is 8.07. The maximum absolute atomic E-state index is 5.29. The lowest BCUT2D eigenvalue weighted by molar-refractivity contribution is 1.08. The van der Waals surface area contributed by atoms with Crippen LogP contribution >= 0.6 is 23.5 Å². The van der Waals surface area contributed by atoms with Gasteiger partial charge in [-0.25, -0.2) is 0 Å². The van der Waals surface area contributed by atoms with E-state index >= 15 is 0 Å². The van der Waals surface area contributed by atoms with Gasteiger partial charge < -0.3 is 5.73 Å². The molecule has 1 nitrogen and oxygen atoms in total. The Balaban J connectivity index is 1.93. The van der Waals surface area contributed by atoms with Crippen LogP contribution in [0.3, 0.4) is 0 Å². The summed E-state index contributed by atoms with van der Waals surface area (Å²) < 4.78 is 0. The minimum absolute atomic E-state index is 0.797. The van der Waals surface area contributed by atoms with Gasteiger partial charge in [0.15, 0.2) is 0 Å². The van der Waals surface area contributed by atoms with Gasteiger partial charge in [0.05, 0.1) is 0 Å². The molecule has 0 radical (unpaired) electrons. The van der Waals surface area contributed by atoms with E-state index in [9.17, 15) is 0 Å². The summed E-state index contributed by atoms with van der Waals surface area (Å²) in [7, 11) is 0. The molecular formula is C4H9NS2. The summed E-state index contributed by atoms with van der Waals surface area (Å²) in [5.74, 6) is 3.44. The average Bonchev–Trinajstić information content (AvgIpc) is 1.55. The molecule has 42 valence electrons. The van der Waals surface area contributed by atoms with Gasteiger partial charge in [-0.3, -0.25) is 0 Å². The Morgan fingerprint density at radius 3 is 2.57 bits per heavy atom. The lowest BCUT2D eigenvalue weighted by Gasteiger charge is -2.22. The van der Waals surface area contributed by atoms with Gasteiger partial charge in [0, 0.05) is 22.6 Å². The van der Waals surface area contributed by atoms with Crippen LogP contribution < -0.4 is 5.73 Å². The lowest BCUT2D eigenvalue weighted by atomic mass is 10.5. The molecule has 0 atom stereocenters. The summed E-state index contributed by atoms with van der Waals surface area (Å²) in [5.41, 5.74) is 5.29. The second-order valence-corrected chi connectivity index (χ2v) is 3.90. The molecule has 0 amide bonds. The van der Waals surface area contributed by atoms with Gasteiger partial charge in [0.25, 0.3) is 0 Å². The minimum Gasteiger partial charge on any atom is -0.322 e. The quantitative estimate of drug-likeness (QED) is 0.566. The van der Waals surface area contributed by atoms with Crippen LogP contribution in [-0.4, -0.2) is 22.6 Å². The molecule has 1 rings (SSSR count). The predicted octanol–water partition coefficient (Wildman–Crippen LogP) is 0.751. The van der Waals surface area contributed by atoms with Crippen molar-refractivity contribution in [1.82, 2.24) is 0 Å². The summed E-state index contributed by atoms with van der Waals surface area (Å²) in [6.45, 7) is 0. The summed E-state index contributed by atoms with van der Waals surface area (Å²) >= 11 is 3.88. The molecule has 1 aliphatic heterocycles. The predicted molar refractivity (Wildman–Crippen MR) is 37.8 cm³/mol. The van der Waals surface area contributed by atoms with Crippen LogP contribution in [0.15, 0.2) is 0 Å². The first kappa shape index (κ1) is 5.79.